The number of ether oxygens (including phenoxy) is 1. The molecule has 0 aliphatic rings. The Balaban J connectivity index is 1.49. The molecule has 8 heteroatoms. The number of hydrogen-bond acceptors (Lipinski definition) is 7. The fourth-order valence-electron chi connectivity index (χ4n) is 2.28. The Morgan fingerprint density at radius 3 is 2.54 bits per heavy atom. The van der Waals surface area contributed by atoms with Gasteiger partial charge in [0.1, 0.15) is 17.3 Å². The molecule has 26 heavy (non-hydrogen) atoms. The third-order valence-corrected chi connectivity index (χ3v) is 3.65. The number of aryl methyl sites for hydroxylation is 1. The van der Waals surface area contributed by atoms with Crippen molar-refractivity contribution in [1.82, 2.24) is 15.4 Å². The fourth-order valence-corrected chi connectivity index (χ4v) is 2.28. The van der Waals surface area contributed by atoms with E-state index in [-0.39, 0.29) is 5.69 Å². The Morgan fingerprint density at radius 1 is 1.12 bits per heavy atom. The van der Waals surface area contributed by atoms with Gasteiger partial charge < -0.3 is 19.9 Å². The lowest BCUT2D eigenvalue weighted by atomic mass is 10.1. The third kappa shape index (κ3) is 4.56. The summed E-state index contributed by atoms with van der Waals surface area (Å²) in [5.74, 6) is 2.00. The second kappa shape index (κ2) is 8.11. The Bertz CT molecular complexity index is 859. The van der Waals surface area contributed by atoms with Crippen LogP contribution in [0.3, 0.4) is 0 Å². The average molecular weight is 353 g/mol. The van der Waals surface area contributed by atoms with Crippen molar-refractivity contribution < 1.29 is 14.1 Å². The number of anilines is 2. The van der Waals surface area contributed by atoms with E-state index < -0.39 is 5.91 Å². The number of aromatic nitrogens is 3. The van der Waals surface area contributed by atoms with Crippen LogP contribution in [0.25, 0.3) is 0 Å². The zero-order valence-corrected chi connectivity index (χ0v) is 14.5. The molecule has 3 rings (SSSR count). The topological polar surface area (TPSA) is 102 Å². The molecule has 0 saturated carbocycles. The summed E-state index contributed by atoms with van der Waals surface area (Å²) in [4.78, 5) is 12.1. The van der Waals surface area contributed by atoms with Crippen molar-refractivity contribution in [3.05, 3.63) is 59.5 Å². The summed E-state index contributed by atoms with van der Waals surface area (Å²) in [6.07, 6.45) is 0.833. The number of hydrogen-bond donors (Lipinski definition) is 2. The average Bonchev–Trinajstić information content (AvgIpc) is 3.07. The molecule has 3 aromatic rings. The molecule has 1 amide bonds. The second-order valence-electron chi connectivity index (χ2n) is 5.61. The summed E-state index contributed by atoms with van der Waals surface area (Å²) in [6.45, 7) is 2.44. The molecule has 0 aliphatic heterocycles. The van der Waals surface area contributed by atoms with E-state index in [9.17, 15) is 4.79 Å². The van der Waals surface area contributed by atoms with Crippen molar-refractivity contribution in [3.8, 4) is 5.75 Å². The Labute approximate surface area is 150 Å². The van der Waals surface area contributed by atoms with Crippen LogP contribution in [0.5, 0.6) is 5.75 Å². The molecule has 2 N–H and O–H groups in total. The largest absolute Gasteiger partial charge is 0.497 e. The highest BCUT2D eigenvalue weighted by Gasteiger charge is 2.11. The number of carbonyl (C=O) groups excluding carboxylic acids is 1. The lowest BCUT2D eigenvalue weighted by Crippen LogP contribution is -2.15. The number of benzene rings is 1. The number of carbonyl (C=O) groups is 1. The van der Waals surface area contributed by atoms with E-state index in [1.807, 2.05) is 24.3 Å². The van der Waals surface area contributed by atoms with Gasteiger partial charge in [-0.05, 0) is 43.2 Å². The summed E-state index contributed by atoms with van der Waals surface area (Å²) in [7, 11) is 1.64. The maximum absolute atomic E-state index is 12.1. The SMILES string of the molecule is COc1ccc(CCNc2ccc(C(=O)Nc3cc(C)on3)nn2)cc1. The van der Waals surface area contributed by atoms with Crippen LogP contribution in [0.4, 0.5) is 11.6 Å². The van der Waals surface area contributed by atoms with Gasteiger partial charge in [0.15, 0.2) is 11.5 Å². The van der Waals surface area contributed by atoms with Crippen molar-refractivity contribution in [2.24, 2.45) is 0 Å². The number of nitrogens with zero attached hydrogens (tertiary/aromatic N) is 3. The zero-order chi connectivity index (χ0) is 18.4. The van der Waals surface area contributed by atoms with Gasteiger partial charge in [0.05, 0.1) is 7.11 Å². The van der Waals surface area contributed by atoms with E-state index in [0.717, 1.165) is 12.2 Å². The van der Waals surface area contributed by atoms with Crippen LogP contribution < -0.4 is 15.4 Å². The van der Waals surface area contributed by atoms with Crippen LogP contribution in [0.15, 0.2) is 47.0 Å². The van der Waals surface area contributed by atoms with Crippen molar-refractivity contribution in [2.75, 3.05) is 24.3 Å². The normalized spacial score (nSPS) is 10.4. The molecular weight excluding hydrogens is 334 g/mol. The summed E-state index contributed by atoms with van der Waals surface area (Å²) < 4.78 is 10.0. The Hall–Kier alpha value is -3.42. The number of methoxy groups -OCH3 is 1. The Morgan fingerprint density at radius 2 is 1.92 bits per heavy atom. The summed E-state index contributed by atoms with van der Waals surface area (Å²) in [6, 6.07) is 12.8. The first-order valence-electron chi connectivity index (χ1n) is 8.09. The molecule has 0 fully saturated rings. The van der Waals surface area contributed by atoms with Crippen LogP contribution >= 0.6 is 0 Å². The number of nitrogens with one attached hydrogen (secondary N) is 2. The van der Waals surface area contributed by atoms with Crippen molar-refractivity contribution in [1.29, 1.82) is 0 Å². The molecule has 2 heterocycles. The highest BCUT2D eigenvalue weighted by molar-refractivity contribution is 6.02. The lowest BCUT2D eigenvalue weighted by Gasteiger charge is -2.06. The molecule has 0 radical (unpaired) electrons. The molecule has 0 aliphatic carbocycles. The van der Waals surface area contributed by atoms with Gasteiger partial charge in [0, 0.05) is 12.6 Å². The first-order chi connectivity index (χ1) is 12.6. The quantitative estimate of drug-likeness (QED) is 0.673. The van der Waals surface area contributed by atoms with E-state index in [2.05, 4.69) is 26.0 Å². The molecular formula is C18H19N5O3. The number of rotatable bonds is 7. The minimum atomic E-state index is -0.393. The molecule has 0 unspecified atom stereocenters. The maximum Gasteiger partial charge on any atom is 0.277 e. The molecule has 134 valence electrons. The van der Waals surface area contributed by atoms with Crippen LogP contribution in [-0.4, -0.2) is 34.9 Å². The first-order valence-corrected chi connectivity index (χ1v) is 8.09. The van der Waals surface area contributed by atoms with Gasteiger partial charge in [-0.2, -0.15) is 0 Å². The predicted octanol–water partition coefficient (Wildman–Crippen LogP) is 2.69. The van der Waals surface area contributed by atoms with Gasteiger partial charge >= 0.3 is 0 Å². The van der Waals surface area contributed by atoms with Crippen molar-refractivity contribution in [2.45, 2.75) is 13.3 Å². The lowest BCUT2D eigenvalue weighted by molar-refractivity contribution is 0.102. The smallest absolute Gasteiger partial charge is 0.277 e. The van der Waals surface area contributed by atoms with Gasteiger partial charge in [-0.1, -0.05) is 17.3 Å². The van der Waals surface area contributed by atoms with E-state index in [4.69, 9.17) is 9.26 Å². The maximum atomic E-state index is 12.1. The van der Waals surface area contributed by atoms with Crippen molar-refractivity contribution in [3.63, 3.8) is 0 Å². The van der Waals surface area contributed by atoms with Gasteiger partial charge in [0.25, 0.3) is 5.91 Å². The van der Waals surface area contributed by atoms with Gasteiger partial charge in [0.2, 0.25) is 0 Å². The van der Waals surface area contributed by atoms with E-state index in [1.165, 1.54) is 5.56 Å². The van der Waals surface area contributed by atoms with Crippen LogP contribution in [-0.2, 0) is 6.42 Å². The molecule has 0 spiro atoms. The molecule has 0 saturated heterocycles. The van der Waals surface area contributed by atoms with Crippen LogP contribution in [0.2, 0.25) is 0 Å². The molecule has 0 atom stereocenters. The summed E-state index contributed by atoms with van der Waals surface area (Å²) in [5.41, 5.74) is 1.39. The highest BCUT2D eigenvalue weighted by Crippen LogP contribution is 2.12. The standard InChI is InChI=1S/C18H19N5O3/c1-12-11-17(23-26-12)20-18(24)15-7-8-16(22-21-15)19-10-9-13-3-5-14(25-2)6-4-13/h3-8,11H,9-10H2,1-2H3,(H,19,22)(H,20,23,24). The second-order valence-corrected chi connectivity index (χ2v) is 5.61. The fraction of sp³-hybridized carbons (Fsp3) is 0.222. The summed E-state index contributed by atoms with van der Waals surface area (Å²) >= 11 is 0. The van der Waals surface area contributed by atoms with E-state index in [0.29, 0.717) is 23.9 Å². The zero-order valence-electron chi connectivity index (χ0n) is 14.5. The Kier molecular flexibility index (Phi) is 5.43. The molecule has 2 aromatic heterocycles. The highest BCUT2D eigenvalue weighted by atomic mass is 16.5. The molecule has 0 bridgehead atoms. The molecule has 8 nitrogen and oxygen atoms in total. The van der Waals surface area contributed by atoms with E-state index in [1.54, 1.807) is 32.2 Å². The van der Waals surface area contributed by atoms with E-state index >= 15 is 0 Å². The van der Waals surface area contributed by atoms with Gasteiger partial charge in [-0.25, -0.2) is 0 Å². The monoisotopic (exact) mass is 353 g/mol. The van der Waals surface area contributed by atoms with Crippen LogP contribution in [0.1, 0.15) is 21.8 Å². The van der Waals surface area contributed by atoms with Crippen LogP contribution in [0, 0.1) is 6.92 Å². The molecule has 1 aromatic carbocycles. The summed E-state index contributed by atoms with van der Waals surface area (Å²) in [5, 5.41) is 17.4. The van der Waals surface area contributed by atoms with Gasteiger partial charge in [-0.15, -0.1) is 10.2 Å². The first kappa shape index (κ1) is 17.4. The minimum Gasteiger partial charge on any atom is -0.497 e. The minimum absolute atomic E-state index is 0.200. The number of amides is 1. The third-order valence-electron chi connectivity index (χ3n) is 3.65. The predicted molar refractivity (Wildman–Crippen MR) is 96.4 cm³/mol. The van der Waals surface area contributed by atoms with Gasteiger partial charge in [-0.3, -0.25) is 4.79 Å². The van der Waals surface area contributed by atoms with Crippen molar-refractivity contribution >= 4 is 17.5 Å².